The van der Waals surface area contributed by atoms with Gasteiger partial charge in [-0.15, -0.1) is 5.10 Å². The van der Waals surface area contributed by atoms with E-state index in [1.54, 1.807) is 42.5 Å². The van der Waals surface area contributed by atoms with E-state index in [0.717, 1.165) is 0 Å². The maximum Gasteiger partial charge on any atom is 0.271 e. The molecular weight excluding hydrogens is 350 g/mol. The molecular formula is C19H17N3O5. The molecule has 3 aromatic rings. The molecule has 138 valence electrons. The molecule has 0 aliphatic rings. The molecule has 0 fully saturated rings. The molecule has 1 heterocycles. The molecule has 0 saturated heterocycles. The number of benzene rings is 2. The first kappa shape index (κ1) is 18.0. The average Bonchev–Trinajstić information content (AvgIpc) is 2.70. The molecule has 3 N–H and O–H groups in total. The summed E-state index contributed by atoms with van der Waals surface area (Å²) in [6, 6.07) is 13.3. The fourth-order valence-corrected chi connectivity index (χ4v) is 2.48. The molecule has 3 rings (SSSR count). The van der Waals surface area contributed by atoms with Crippen LogP contribution in [0.2, 0.25) is 0 Å². The summed E-state index contributed by atoms with van der Waals surface area (Å²) >= 11 is 0. The van der Waals surface area contributed by atoms with Gasteiger partial charge in [0.25, 0.3) is 11.8 Å². The monoisotopic (exact) mass is 367 g/mol. The number of para-hydroxylation sites is 1. The van der Waals surface area contributed by atoms with Crippen LogP contribution in [-0.2, 0) is 0 Å². The number of primary amides is 1. The van der Waals surface area contributed by atoms with Crippen LogP contribution < -0.4 is 26.2 Å². The predicted molar refractivity (Wildman–Crippen MR) is 97.3 cm³/mol. The third-order valence-corrected chi connectivity index (χ3v) is 3.81. The molecule has 1 aromatic heterocycles. The van der Waals surface area contributed by atoms with Crippen LogP contribution in [0.15, 0.2) is 58.0 Å². The van der Waals surface area contributed by atoms with Crippen LogP contribution in [0.3, 0.4) is 0 Å². The molecule has 0 aliphatic heterocycles. The Hall–Kier alpha value is -3.81. The topological polar surface area (TPSA) is 116 Å². The summed E-state index contributed by atoms with van der Waals surface area (Å²) in [5.74, 6) is -0.253. The molecule has 0 unspecified atom stereocenters. The third-order valence-electron chi connectivity index (χ3n) is 3.81. The number of amides is 2. The van der Waals surface area contributed by atoms with Gasteiger partial charge in [0.1, 0.15) is 11.3 Å². The molecule has 2 aromatic carbocycles. The van der Waals surface area contributed by atoms with Gasteiger partial charge in [0.2, 0.25) is 5.55 Å². The molecule has 0 bridgehead atoms. The number of nitrogens with two attached hydrogens (primary N) is 1. The van der Waals surface area contributed by atoms with Gasteiger partial charge >= 0.3 is 0 Å². The quantitative estimate of drug-likeness (QED) is 0.667. The third kappa shape index (κ3) is 3.74. The number of hydrogen-bond donors (Lipinski definition) is 2. The SMILES string of the molecule is COc1cccc(C(=O)NN=c2oc3c(OC)cccc3cc2C(N)=O)c1. The minimum Gasteiger partial charge on any atom is -0.497 e. The van der Waals surface area contributed by atoms with Crippen molar-refractivity contribution in [3.05, 3.63) is 65.2 Å². The van der Waals surface area contributed by atoms with E-state index in [1.807, 2.05) is 0 Å². The predicted octanol–water partition coefficient (Wildman–Crippen LogP) is 1.79. The van der Waals surface area contributed by atoms with Crippen molar-refractivity contribution in [2.24, 2.45) is 10.8 Å². The van der Waals surface area contributed by atoms with Gasteiger partial charge in [-0.3, -0.25) is 9.59 Å². The van der Waals surface area contributed by atoms with Gasteiger partial charge in [-0.05, 0) is 30.3 Å². The largest absolute Gasteiger partial charge is 0.497 e. The van der Waals surface area contributed by atoms with Crippen LogP contribution in [-0.4, -0.2) is 26.0 Å². The summed E-state index contributed by atoms with van der Waals surface area (Å²) in [4.78, 5) is 24.1. The fraction of sp³-hybridized carbons (Fsp3) is 0.105. The summed E-state index contributed by atoms with van der Waals surface area (Å²) in [5.41, 5.74) is 8.37. The van der Waals surface area contributed by atoms with Gasteiger partial charge in [0.05, 0.1) is 14.2 Å². The summed E-state index contributed by atoms with van der Waals surface area (Å²) in [7, 11) is 3.00. The number of carbonyl (C=O) groups excluding carboxylic acids is 2. The number of fused-ring (bicyclic) bond motifs is 1. The van der Waals surface area contributed by atoms with Crippen LogP contribution in [0.4, 0.5) is 0 Å². The van der Waals surface area contributed by atoms with E-state index in [1.165, 1.54) is 20.3 Å². The zero-order chi connectivity index (χ0) is 19.4. The second-order valence-corrected chi connectivity index (χ2v) is 5.49. The smallest absolute Gasteiger partial charge is 0.271 e. The lowest BCUT2D eigenvalue weighted by atomic mass is 10.1. The highest BCUT2D eigenvalue weighted by atomic mass is 16.5. The Balaban J connectivity index is 2.04. The summed E-state index contributed by atoms with van der Waals surface area (Å²) in [6.45, 7) is 0. The van der Waals surface area contributed by atoms with E-state index < -0.39 is 11.8 Å². The van der Waals surface area contributed by atoms with Crippen LogP contribution in [0.5, 0.6) is 11.5 Å². The highest BCUT2D eigenvalue weighted by Crippen LogP contribution is 2.24. The number of nitrogens with zero attached hydrogens (tertiary/aromatic N) is 1. The molecule has 27 heavy (non-hydrogen) atoms. The van der Waals surface area contributed by atoms with Crippen molar-refractivity contribution in [2.75, 3.05) is 14.2 Å². The first-order valence-electron chi connectivity index (χ1n) is 7.92. The van der Waals surface area contributed by atoms with E-state index >= 15 is 0 Å². The number of hydrogen-bond acceptors (Lipinski definition) is 6. The van der Waals surface area contributed by atoms with Gasteiger partial charge in [-0.25, -0.2) is 5.43 Å². The lowest BCUT2D eigenvalue weighted by Gasteiger charge is -2.06. The standard InChI is InChI=1S/C19H17N3O5/c1-25-13-7-3-6-12(9-13)18(24)21-22-19-14(17(20)23)10-11-5-4-8-15(26-2)16(11)27-19/h3-10H,1-2H3,(H2,20,23)(H,21,24). The lowest BCUT2D eigenvalue weighted by Crippen LogP contribution is -2.27. The van der Waals surface area contributed by atoms with Gasteiger partial charge in [-0.2, -0.15) is 0 Å². The minimum absolute atomic E-state index is 0.0293. The van der Waals surface area contributed by atoms with Crippen molar-refractivity contribution < 1.29 is 23.5 Å². The zero-order valence-electron chi connectivity index (χ0n) is 14.7. The van der Waals surface area contributed by atoms with Crippen LogP contribution in [0.1, 0.15) is 20.7 Å². The van der Waals surface area contributed by atoms with E-state index in [4.69, 9.17) is 19.6 Å². The second kappa shape index (κ2) is 7.61. The molecule has 8 heteroatoms. The van der Waals surface area contributed by atoms with E-state index in [-0.39, 0.29) is 11.1 Å². The normalized spacial score (nSPS) is 11.3. The number of carbonyl (C=O) groups is 2. The summed E-state index contributed by atoms with van der Waals surface area (Å²) < 4.78 is 16.0. The van der Waals surface area contributed by atoms with E-state index in [0.29, 0.717) is 28.0 Å². The van der Waals surface area contributed by atoms with Crippen molar-refractivity contribution in [1.82, 2.24) is 5.43 Å². The second-order valence-electron chi connectivity index (χ2n) is 5.49. The van der Waals surface area contributed by atoms with Crippen LogP contribution >= 0.6 is 0 Å². The average molecular weight is 367 g/mol. The van der Waals surface area contributed by atoms with Gasteiger partial charge in [0, 0.05) is 10.9 Å². The maximum atomic E-state index is 12.3. The number of nitrogens with one attached hydrogen (secondary N) is 1. The Morgan fingerprint density at radius 3 is 2.56 bits per heavy atom. The Kier molecular flexibility index (Phi) is 5.07. The van der Waals surface area contributed by atoms with Gasteiger partial charge in [-0.1, -0.05) is 18.2 Å². The van der Waals surface area contributed by atoms with Crippen molar-refractivity contribution >= 4 is 22.8 Å². The maximum absolute atomic E-state index is 12.3. The van der Waals surface area contributed by atoms with Crippen molar-refractivity contribution in [3.8, 4) is 11.5 Å². The molecule has 2 amide bonds. The Labute approximate surface area is 154 Å². The molecule has 0 saturated carbocycles. The Morgan fingerprint density at radius 2 is 1.85 bits per heavy atom. The Morgan fingerprint density at radius 1 is 1.07 bits per heavy atom. The van der Waals surface area contributed by atoms with Crippen molar-refractivity contribution in [1.29, 1.82) is 0 Å². The highest BCUT2D eigenvalue weighted by Gasteiger charge is 2.13. The van der Waals surface area contributed by atoms with E-state index in [2.05, 4.69) is 10.5 Å². The Bertz CT molecular complexity index is 1090. The lowest BCUT2D eigenvalue weighted by molar-refractivity contribution is 0.0946. The van der Waals surface area contributed by atoms with E-state index in [9.17, 15) is 9.59 Å². The number of rotatable bonds is 5. The van der Waals surface area contributed by atoms with Crippen LogP contribution in [0.25, 0.3) is 11.0 Å². The summed E-state index contributed by atoms with van der Waals surface area (Å²) in [5, 5.41) is 4.53. The fourth-order valence-electron chi connectivity index (χ4n) is 2.48. The van der Waals surface area contributed by atoms with Crippen molar-refractivity contribution in [2.45, 2.75) is 0 Å². The molecule has 0 aliphatic carbocycles. The first-order valence-corrected chi connectivity index (χ1v) is 7.92. The van der Waals surface area contributed by atoms with Gasteiger partial charge < -0.3 is 19.6 Å². The number of methoxy groups -OCH3 is 2. The molecule has 0 atom stereocenters. The first-order chi connectivity index (χ1) is 13.0. The molecule has 0 radical (unpaired) electrons. The summed E-state index contributed by atoms with van der Waals surface area (Å²) in [6.07, 6.45) is 0. The van der Waals surface area contributed by atoms with Gasteiger partial charge in [0.15, 0.2) is 11.3 Å². The van der Waals surface area contributed by atoms with Crippen LogP contribution in [0, 0.1) is 0 Å². The molecule has 0 spiro atoms. The highest BCUT2D eigenvalue weighted by molar-refractivity contribution is 5.96. The van der Waals surface area contributed by atoms with Crippen molar-refractivity contribution in [3.63, 3.8) is 0 Å². The number of ether oxygens (including phenoxy) is 2. The minimum atomic E-state index is -0.738. The zero-order valence-corrected chi connectivity index (χ0v) is 14.7. The molecule has 8 nitrogen and oxygen atoms in total.